The maximum atomic E-state index is 11.2. The first kappa shape index (κ1) is 15.5. The first-order valence-corrected chi connectivity index (χ1v) is 7.27. The third-order valence-electron chi connectivity index (χ3n) is 2.45. The Labute approximate surface area is 130 Å². The largest absolute Gasteiger partial charge is 0.354 e. The van der Waals surface area contributed by atoms with E-state index in [4.69, 9.17) is 11.6 Å². The van der Waals surface area contributed by atoms with Crippen LogP contribution in [0.2, 0.25) is 5.02 Å². The van der Waals surface area contributed by atoms with Crippen LogP contribution in [0.15, 0.2) is 28.4 Å². The summed E-state index contributed by atoms with van der Waals surface area (Å²) in [6.45, 7) is 4.11. The zero-order chi connectivity index (χ0) is 15.4. The SMILES string of the molecule is CCNc1nc(C)c([N+](=O)[O-])c(Sc2ccc(Cl)cn2)n1. The van der Waals surface area contributed by atoms with Crippen molar-refractivity contribution >= 4 is 35.0 Å². The number of anilines is 1. The number of rotatable bonds is 5. The van der Waals surface area contributed by atoms with E-state index < -0.39 is 4.92 Å². The summed E-state index contributed by atoms with van der Waals surface area (Å²) in [6.07, 6.45) is 1.48. The number of hydrogen-bond acceptors (Lipinski definition) is 7. The quantitative estimate of drug-likeness (QED) is 0.512. The minimum absolute atomic E-state index is 0.113. The normalized spacial score (nSPS) is 10.4. The predicted molar refractivity (Wildman–Crippen MR) is 81.0 cm³/mol. The number of halogens is 1. The molecule has 0 aliphatic carbocycles. The topological polar surface area (TPSA) is 93.8 Å². The predicted octanol–water partition coefficient (Wildman–Crippen LogP) is 3.32. The van der Waals surface area contributed by atoms with Crippen LogP contribution in [0.4, 0.5) is 11.6 Å². The molecule has 0 saturated carbocycles. The molecule has 7 nitrogen and oxygen atoms in total. The van der Waals surface area contributed by atoms with Crippen molar-refractivity contribution < 1.29 is 4.92 Å². The Kier molecular flexibility index (Phi) is 4.92. The average molecular weight is 326 g/mol. The van der Waals surface area contributed by atoms with E-state index in [-0.39, 0.29) is 10.7 Å². The summed E-state index contributed by atoms with van der Waals surface area (Å²) in [7, 11) is 0. The van der Waals surface area contributed by atoms with E-state index in [1.165, 1.54) is 6.20 Å². The molecule has 0 saturated heterocycles. The molecule has 0 radical (unpaired) electrons. The Morgan fingerprint density at radius 1 is 1.43 bits per heavy atom. The fraction of sp³-hybridized carbons (Fsp3) is 0.250. The van der Waals surface area contributed by atoms with Gasteiger partial charge in [-0.25, -0.2) is 9.97 Å². The molecular weight excluding hydrogens is 314 g/mol. The molecule has 2 aromatic heterocycles. The van der Waals surface area contributed by atoms with Gasteiger partial charge in [-0.1, -0.05) is 11.6 Å². The summed E-state index contributed by atoms with van der Waals surface area (Å²) >= 11 is 6.88. The van der Waals surface area contributed by atoms with Gasteiger partial charge in [0.1, 0.15) is 10.7 Å². The summed E-state index contributed by atoms with van der Waals surface area (Å²) in [5, 5.41) is 15.5. The van der Waals surface area contributed by atoms with Crippen LogP contribution >= 0.6 is 23.4 Å². The van der Waals surface area contributed by atoms with E-state index in [9.17, 15) is 10.1 Å². The molecule has 0 bridgehead atoms. The van der Waals surface area contributed by atoms with Crippen LogP contribution in [0.25, 0.3) is 0 Å². The minimum Gasteiger partial charge on any atom is -0.354 e. The first-order chi connectivity index (χ1) is 10.0. The zero-order valence-corrected chi connectivity index (χ0v) is 12.9. The molecule has 1 N–H and O–H groups in total. The van der Waals surface area contributed by atoms with Crippen molar-refractivity contribution in [1.82, 2.24) is 15.0 Å². The highest BCUT2D eigenvalue weighted by atomic mass is 35.5. The van der Waals surface area contributed by atoms with Gasteiger partial charge in [-0.15, -0.1) is 0 Å². The van der Waals surface area contributed by atoms with Crippen LogP contribution in [0.3, 0.4) is 0 Å². The molecule has 9 heteroatoms. The maximum absolute atomic E-state index is 11.2. The van der Waals surface area contributed by atoms with Crippen LogP contribution in [0.5, 0.6) is 0 Å². The van der Waals surface area contributed by atoms with E-state index in [0.29, 0.717) is 28.2 Å². The molecule has 2 rings (SSSR count). The smallest absolute Gasteiger partial charge is 0.322 e. The van der Waals surface area contributed by atoms with E-state index in [1.807, 2.05) is 6.92 Å². The summed E-state index contributed by atoms with van der Waals surface area (Å²) in [4.78, 5) is 23.1. The second-order valence-electron chi connectivity index (χ2n) is 3.99. The number of aromatic nitrogens is 3. The van der Waals surface area contributed by atoms with Gasteiger partial charge in [0.2, 0.25) is 5.95 Å². The molecule has 110 valence electrons. The minimum atomic E-state index is -0.483. The van der Waals surface area contributed by atoms with Gasteiger partial charge in [-0.2, -0.15) is 4.98 Å². The van der Waals surface area contributed by atoms with Crippen LogP contribution in [0, 0.1) is 17.0 Å². The van der Waals surface area contributed by atoms with Crippen LogP contribution in [-0.4, -0.2) is 26.4 Å². The number of nitrogens with zero attached hydrogens (tertiary/aromatic N) is 4. The highest BCUT2D eigenvalue weighted by molar-refractivity contribution is 7.99. The molecule has 0 aliphatic rings. The molecule has 0 amide bonds. The molecule has 2 aromatic rings. The number of aryl methyl sites for hydroxylation is 1. The molecule has 0 spiro atoms. The van der Waals surface area contributed by atoms with E-state index in [0.717, 1.165) is 11.8 Å². The van der Waals surface area contributed by atoms with Crippen molar-refractivity contribution in [3.8, 4) is 0 Å². The lowest BCUT2D eigenvalue weighted by Gasteiger charge is -2.07. The standard InChI is InChI=1S/C12H12ClN5O2S/c1-3-14-12-16-7(2)10(18(19)20)11(17-12)21-9-5-4-8(13)6-15-9/h4-6H,3H2,1-2H3,(H,14,16,17). The third-order valence-corrected chi connectivity index (χ3v) is 3.60. The van der Waals surface area contributed by atoms with E-state index in [1.54, 1.807) is 19.1 Å². The summed E-state index contributed by atoms with van der Waals surface area (Å²) in [6, 6.07) is 3.35. The molecule has 21 heavy (non-hydrogen) atoms. The Balaban J connectivity index is 2.43. The molecule has 0 fully saturated rings. The summed E-state index contributed by atoms with van der Waals surface area (Å²) in [5.74, 6) is 0.358. The number of nitro groups is 1. The van der Waals surface area contributed by atoms with Gasteiger partial charge in [0.25, 0.3) is 0 Å². The Morgan fingerprint density at radius 2 is 2.19 bits per heavy atom. The molecule has 0 atom stereocenters. The van der Waals surface area contributed by atoms with Gasteiger partial charge in [0.05, 0.1) is 9.95 Å². The summed E-state index contributed by atoms with van der Waals surface area (Å²) < 4.78 is 0. The van der Waals surface area contributed by atoms with Gasteiger partial charge >= 0.3 is 5.69 Å². The molecular formula is C12H12ClN5O2S. The van der Waals surface area contributed by atoms with Crippen molar-refractivity contribution in [2.24, 2.45) is 0 Å². The van der Waals surface area contributed by atoms with Gasteiger partial charge in [-0.3, -0.25) is 10.1 Å². The van der Waals surface area contributed by atoms with Crippen LogP contribution in [-0.2, 0) is 0 Å². The lowest BCUT2D eigenvalue weighted by Crippen LogP contribution is -2.07. The lowest BCUT2D eigenvalue weighted by atomic mass is 10.4. The number of hydrogen-bond donors (Lipinski definition) is 1. The molecule has 0 aliphatic heterocycles. The van der Waals surface area contributed by atoms with Crippen molar-refractivity contribution in [3.05, 3.63) is 39.2 Å². The van der Waals surface area contributed by atoms with Crippen LogP contribution in [0.1, 0.15) is 12.6 Å². The Hall–Kier alpha value is -1.93. The fourth-order valence-corrected chi connectivity index (χ4v) is 2.58. The average Bonchev–Trinajstić information content (AvgIpc) is 2.41. The van der Waals surface area contributed by atoms with E-state index >= 15 is 0 Å². The highest BCUT2D eigenvalue weighted by Gasteiger charge is 2.23. The van der Waals surface area contributed by atoms with Gasteiger partial charge < -0.3 is 5.32 Å². The van der Waals surface area contributed by atoms with E-state index in [2.05, 4.69) is 20.3 Å². The van der Waals surface area contributed by atoms with Gasteiger partial charge in [0.15, 0.2) is 5.03 Å². The molecule has 0 aromatic carbocycles. The van der Waals surface area contributed by atoms with Crippen molar-refractivity contribution in [1.29, 1.82) is 0 Å². The number of nitrogens with one attached hydrogen (secondary N) is 1. The second-order valence-corrected chi connectivity index (χ2v) is 5.44. The van der Waals surface area contributed by atoms with Crippen molar-refractivity contribution in [2.45, 2.75) is 23.9 Å². The fourth-order valence-electron chi connectivity index (χ4n) is 1.58. The van der Waals surface area contributed by atoms with Crippen molar-refractivity contribution in [3.63, 3.8) is 0 Å². The second kappa shape index (κ2) is 6.68. The Morgan fingerprint density at radius 3 is 2.76 bits per heavy atom. The molecule has 2 heterocycles. The highest BCUT2D eigenvalue weighted by Crippen LogP contribution is 2.34. The molecule has 0 unspecified atom stereocenters. The third kappa shape index (κ3) is 3.79. The first-order valence-electron chi connectivity index (χ1n) is 6.07. The monoisotopic (exact) mass is 325 g/mol. The van der Waals surface area contributed by atoms with Crippen molar-refractivity contribution in [2.75, 3.05) is 11.9 Å². The van der Waals surface area contributed by atoms with Gasteiger partial charge in [0, 0.05) is 12.7 Å². The summed E-state index contributed by atoms with van der Waals surface area (Å²) in [5.41, 5.74) is 0.195. The lowest BCUT2D eigenvalue weighted by molar-refractivity contribution is -0.389. The number of pyridine rings is 1. The van der Waals surface area contributed by atoms with Gasteiger partial charge in [-0.05, 0) is 37.7 Å². The van der Waals surface area contributed by atoms with Crippen LogP contribution < -0.4 is 5.32 Å². The zero-order valence-electron chi connectivity index (χ0n) is 11.3. The Bertz CT molecular complexity index is 665. The maximum Gasteiger partial charge on any atom is 0.322 e.